The zero-order chi connectivity index (χ0) is 16.8. The number of hydrogen-bond acceptors (Lipinski definition) is 5. The number of carbonyl (C=O) groups excluding carboxylic acids is 1. The molecule has 1 unspecified atom stereocenters. The van der Waals surface area contributed by atoms with E-state index in [0.29, 0.717) is 0 Å². The van der Waals surface area contributed by atoms with E-state index in [0.717, 1.165) is 44.9 Å². The van der Waals surface area contributed by atoms with Gasteiger partial charge in [0.2, 0.25) is 5.91 Å². The minimum Gasteiger partial charge on any atom is -0.377 e. The summed E-state index contributed by atoms with van der Waals surface area (Å²) in [7, 11) is 3.67. The highest BCUT2D eigenvalue weighted by Crippen LogP contribution is 2.16. The maximum absolute atomic E-state index is 12.7. The van der Waals surface area contributed by atoms with Crippen LogP contribution in [0.5, 0.6) is 0 Å². The third-order valence-corrected chi connectivity index (χ3v) is 4.14. The van der Waals surface area contributed by atoms with Gasteiger partial charge in [0.05, 0.1) is 18.9 Å². The molecule has 0 bridgehead atoms. The van der Waals surface area contributed by atoms with Crippen LogP contribution < -0.4 is 5.32 Å². The molecule has 0 aliphatic carbocycles. The van der Waals surface area contributed by atoms with Crippen molar-refractivity contribution < 1.29 is 9.53 Å². The highest BCUT2D eigenvalue weighted by Gasteiger charge is 2.28. The maximum atomic E-state index is 12.7. The lowest BCUT2D eigenvalue weighted by atomic mass is 10.1. The van der Waals surface area contributed by atoms with Crippen LogP contribution in [0.4, 0.5) is 0 Å². The molecule has 7 heteroatoms. The Labute approximate surface area is 138 Å². The van der Waals surface area contributed by atoms with Gasteiger partial charge in [0.15, 0.2) is 0 Å². The van der Waals surface area contributed by atoms with Crippen LogP contribution in [0.25, 0.3) is 0 Å². The SMILES string of the molecule is CNC(C(=O)N1CCN(CCOC(C)C)CC1)c1cnn(C)c1. The number of hydrogen-bond donors (Lipinski definition) is 1. The van der Waals surface area contributed by atoms with E-state index in [-0.39, 0.29) is 18.1 Å². The Hall–Kier alpha value is -1.44. The molecule has 130 valence electrons. The highest BCUT2D eigenvalue weighted by molar-refractivity contribution is 5.83. The molecule has 1 aliphatic rings. The Morgan fingerprint density at radius 3 is 2.57 bits per heavy atom. The number of piperazine rings is 1. The van der Waals surface area contributed by atoms with E-state index >= 15 is 0 Å². The van der Waals surface area contributed by atoms with E-state index in [1.54, 1.807) is 10.9 Å². The monoisotopic (exact) mass is 323 g/mol. The molecule has 1 aromatic rings. The number of nitrogens with zero attached hydrogens (tertiary/aromatic N) is 4. The average molecular weight is 323 g/mol. The van der Waals surface area contributed by atoms with Crippen LogP contribution in [0.15, 0.2) is 12.4 Å². The molecule has 0 spiro atoms. The van der Waals surface area contributed by atoms with Crippen molar-refractivity contribution in [2.45, 2.75) is 26.0 Å². The Balaban J connectivity index is 1.82. The lowest BCUT2D eigenvalue weighted by Gasteiger charge is -2.36. The lowest BCUT2D eigenvalue weighted by Crippen LogP contribution is -2.51. The standard InChI is InChI=1S/C16H29N5O2/c1-13(2)23-10-9-20-5-7-21(8-6-20)16(22)15(17-3)14-11-18-19(4)12-14/h11-13,15,17H,5-10H2,1-4H3. The molecule has 1 aliphatic heterocycles. The van der Waals surface area contributed by atoms with Crippen LogP contribution in [-0.2, 0) is 16.6 Å². The second-order valence-corrected chi connectivity index (χ2v) is 6.26. The number of rotatable bonds is 7. The fourth-order valence-electron chi connectivity index (χ4n) is 2.81. The number of amides is 1. The predicted octanol–water partition coefficient (Wildman–Crippen LogP) is 0.250. The quantitative estimate of drug-likeness (QED) is 0.779. The smallest absolute Gasteiger partial charge is 0.244 e. The number of likely N-dealkylation sites (N-methyl/N-ethyl adjacent to an activating group) is 1. The van der Waals surface area contributed by atoms with Crippen LogP contribution in [0.2, 0.25) is 0 Å². The fraction of sp³-hybridized carbons (Fsp3) is 0.750. The summed E-state index contributed by atoms with van der Waals surface area (Å²) in [4.78, 5) is 17.0. The molecule has 1 N–H and O–H groups in total. The Bertz CT molecular complexity index is 494. The maximum Gasteiger partial charge on any atom is 0.244 e. The van der Waals surface area contributed by atoms with Crippen molar-refractivity contribution in [1.82, 2.24) is 24.9 Å². The van der Waals surface area contributed by atoms with Crippen LogP contribution in [0.1, 0.15) is 25.5 Å². The van der Waals surface area contributed by atoms with Gasteiger partial charge in [-0.05, 0) is 20.9 Å². The molecule has 1 amide bonds. The van der Waals surface area contributed by atoms with E-state index in [1.807, 2.05) is 39.0 Å². The minimum absolute atomic E-state index is 0.124. The first-order valence-corrected chi connectivity index (χ1v) is 8.29. The molecule has 1 atom stereocenters. The summed E-state index contributed by atoms with van der Waals surface area (Å²) >= 11 is 0. The first kappa shape index (κ1) is 17.9. The molecule has 0 radical (unpaired) electrons. The Morgan fingerprint density at radius 2 is 2.04 bits per heavy atom. The van der Waals surface area contributed by atoms with Crippen molar-refractivity contribution in [1.29, 1.82) is 0 Å². The predicted molar refractivity (Wildman–Crippen MR) is 89.1 cm³/mol. The van der Waals surface area contributed by atoms with Gasteiger partial charge in [-0.2, -0.15) is 5.10 Å². The van der Waals surface area contributed by atoms with E-state index in [2.05, 4.69) is 15.3 Å². The van der Waals surface area contributed by atoms with Crippen molar-refractivity contribution in [3.63, 3.8) is 0 Å². The first-order valence-electron chi connectivity index (χ1n) is 8.29. The summed E-state index contributed by atoms with van der Waals surface area (Å²) in [6, 6.07) is -0.320. The number of ether oxygens (including phenoxy) is 1. The van der Waals surface area contributed by atoms with Gasteiger partial charge in [0.1, 0.15) is 6.04 Å². The Morgan fingerprint density at radius 1 is 1.35 bits per heavy atom. The summed E-state index contributed by atoms with van der Waals surface area (Å²) < 4.78 is 7.32. The molecule has 23 heavy (non-hydrogen) atoms. The summed E-state index contributed by atoms with van der Waals surface area (Å²) in [5, 5.41) is 7.27. The van der Waals surface area contributed by atoms with Gasteiger partial charge in [-0.1, -0.05) is 0 Å². The van der Waals surface area contributed by atoms with Gasteiger partial charge < -0.3 is 15.0 Å². The van der Waals surface area contributed by atoms with E-state index < -0.39 is 0 Å². The third kappa shape index (κ3) is 5.02. The molecule has 2 rings (SSSR count). The zero-order valence-electron chi connectivity index (χ0n) is 14.7. The lowest BCUT2D eigenvalue weighted by molar-refractivity contribution is -0.135. The van der Waals surface area contributed by atoms with Crippen molar-refractivity contribution in [2.24, 2.45) is 7.05 Å². The minimum atomic E-state index is -0.320. The molecule has 0 saturated carbocycles. The molecule has 1 aromatic heterocycles. The van der Waals surface area contributed by atoms with Gasteiger partial charge in [-0.25, -0.2) is 0 Å². The van der Waals surface area contributed by atoms with Crippen LogP contribution >= 0.6 is 0 Å². The van der Waals surface area contributed by atoms with Crippen molar-refractivity contribution in [3.05, 3.63) is 18.0 Å². The summed E-state index contributed by atoms with van der Waals surface area (Å²) in [5.41, 5.74) is 0.910. The highest BCUT2D eigenvalue weighted by atomic mass is 16.5. The van der Waals surface area contributed by atoms with E-state index in [9.17, 15) is 4.79 Å². The second kappa shape index (κ2) is 8.42. The van der Waals surface area contributed by atoms with Crippen LogP contribution in [0, 0.1) is 0 Å². The zero-order valence-corrected chi connectivity index (χ0v) is 14.7. The van der Waals surface area contributed by atoms with Gasteiger partial charge >= 0.3 is 0 Å². The van der Waals surface area contributed by atoms with Crippen molar-refractivity contribution in [3.8, 4) is 0 Å². The molecule has 2 heterocycles. The largest absolute Gasteiger partial charge is 0.377 e. The van der Waals surface area contributed by atoms with E-state index in [4.69, 9.17) is 4.74 Å². The molecule has 7 nitrogen and oxygen atoms in total. The van der Waals surface area contributed by atoms with Gasteiger partial charge in [-0.15, -0.1) is 0 Å². The number of aromatic nitrogens is 2. The molecular formula is C16H29N5O2. The third-order valence-electron chi connectivity index (χ3n) is 4.14. The molecule has 0 aromatic carbocycles. The molecule has 1 fully saturated rings. The van der Waals surface area contributed by atoms with Crippen LogP contribution in [0.3, 0.4) is 0 Å². The van der Waals surface area contributed by atoms with Crippen molar-refractivity contribution >= 4 is 5.91 Å². The van der Waals surface area contributed by atoms with Gasteiger partial charge in [-0.3, -0.25) is 14.4 Å². The summed E-state index contributed by atoms with van der Waals surface area (Å²) in [6.45, 7) is 9.10. The summed E-state index contributed by atoms with van der Waals surface area (Å²) in [6.07, 6.45) is 3.91. The number of nitrogens with one attached hydrogen (secondary N) is 1. The van der Waals surface area contributed by atoms with Gasteiger partial charge in [0, 0.05) is 51.5 Å². The fourth-order valence-corrected chi connectivity index (χ4v) is 2.81. The van der Waals surface area contributed by atoms with Crippen molar-refractivity contribution in [2.75, 3.05) is 46.4 Å². The number of aryl methyl sites for hydroxylation is 1. The average Bonchev–Trinajstić information content (AvgIpc) is 2.94. The molecular weight excluding hydrogens is 294 g/mol. The van der Waals surface area contributed by atoms with E-state index in [1.165, 1.54) is 0 Å². The van der Waals surface area contributed by atoms with Crippen LogP contribution in [-0.4, -0.2) is 78.0 Å². The second-order valence-electron chi connectivity index (χ2n) is 6.26. The molecule has 1 saturated heterocycles. The Kier molecular flexibility index (Phi) is 6.56. The normalized spacial score (nSPS) is 17.7. The summed E-state index contributed by atoms with van der Waals surface area (Å²) in [5.74, 6) is 0.124. The topological polar surface area (TPSA) is 62.6 Å². The number of carbonyl (C=O) groups is 1. The van der Waals surface area contributed by atoms with Gasteiger partial charge in [0.25, 0.3) is 0 Å². The first-order chi connectivity index (χ1) is 11.0.